The molecule has 0 spiro atoms. The van der Waals surface area contributed by atoms with Gasteiger partial charge in [0.2, 0.25) is 0 Å². The molecule has 0 aromatic heterocycles. The first-order chi connectivity index (χ1) is 9.28. The van der Waals surface area contributed by atoms with Crippen LogP contribution in [-0.2, 0) is 19.0 Å². The Balaban J connectivity index is 1.65. The van der Waals surface area contributed by atoms with Crippen molar-refractivity contribution in [2.24, 2.45) is 0 Å². The molecule has 2 heterocycles. The molecule has 4 heteroatoms. The van der Waals surface area contributed by atoms with Crippen LogP contribution >= 0.6 is 0 Å². The minimum absolute atomic E-state index is 0.0867. The summed E-state index contributed by atoms with van der Waals surface area (Å²) in [4.78, 5) is 11.4. The Morgan fingerprint density at radius 2 is 1.95 bits per heavy atom. The first kappa shape index (κ1) is 15.5. The molecule has 2 aliphatic rings. The molecular weight excluding hydrogens is 256 g/mol. The van der Waals surface area contributed by atoms with E-state index in [9.17, 15) is 4.79 Å². The topological polar surface area (TPSA) is 51.4 Å². The van der Waals surface area contributed by atoms with Crippen LogP contribution in [0.1, 0.15) is 53.4 Å². The zero-order chi connectivity index (χ0) is 15.0. The van der Waals surface area contributed by atoms with Crippen LogP contribution in [0.5, 0.6) is 0 Å². The van der Waals surface area contributed by atoms with Gasteiger partial charge in [0.1, 0.15) is 5.60 Å². The first-order valence-electron chi connectivity index (χ1n) is 7.37. The molecule has 0 bridgehead atoms. The van der Waals surface area contributed by atoms with Crippen LogP contribution in [0, 0.1) is 0 Å². The molecule has 114 valence electrons. The van der Waals surface area contributed by atoms with Gasteiger partial charge in [-0.15, -0.1) is 0 Å². The predicted molar refractivity (Wildman–Crippen MR) is 76.5 cm³/mol. The maximum Gasteiger partial charge on any atom is 0.338 e. The summed E-state index contributed by atoms with van der Waals surface area (Å²) in [6, 6.07) is 0. The maximum absolute atomic E-state index is 11.4. The maximum atomic E-state index is 11.4. The number of esters is 1. The summed E-state index contributed by atoms with van der Waals surface area (Å²) < 4.78 is 15.7. The lowest BCUT2D eigenvalue weighted by molar-refractivity contribution is -0.142. The van der Waals surface area contributed by atoms with Crippen LogP contribution < -0.4 is 0 Å². The van der Waals surface area contributed by atoms with Gasteiger partial charge < -0.3 is 14.2 Å². The molecule has 0 aromatic rings. The van der Waals surface area contributed by atoms with Crippen molar-refractivity contribution in [3.63, 3.8) is 0 Å². The second-order valence-electron chi connectivity index (χ2n) is 6.67. The summed E-state index contributed by atoms with van der Waals surface area (Å²) in [7, 11) is 1.40. The van der Waals surface area contributed by atoms with E-state index in [0.29, 0.717) is 6.10 Å². The summed E-state index contributed by atoms with van der Waals surface area (Å²) in [6.45, 7) is 8.39. The predicted octanol–water partition coefficient (Wildman–Crippen LogP) is 3.00. The fourth-order valence-corrected chi connectivity index (χ4v) is 2.63. The molecule has 2 rings (SSSR count). The molecule has 0 saturated carbocycles. The van der Waals surface area contributed by atoms with Crippen LogP contribution in [0.3, 0.4) is 0 Å². The highest BCUT2D eigenvalue weighted by Crippen LogP contribution is 2.41. The zero-order valence-corrected chi connectivity index (χ0v) is 13.2. The van der Waals surface area contributed by atoms with Crippen LogP contribution in [-0.4, -0.2) is 36.5 Å². The van der Waals surface area contributed by atoms with E-state index in [2.05, 4.69) is 26.8 Å². The van der Waals surface area contributed by atoms with Crippen molar-refractivity contribution in [3.05, 3.63) is 11.6 Å². The van der Waals surface area contributed by atoms with Crippen molar-refractivity contribution >= 4 is 5.97 Å². The lowest BCUT2D eigenvalue weighted by Gasteiger charge is -2.05. The van der Waals surface area contributed by atoms with E-state index in [1.807, 2.05) is 6.92 Å². The normalized spacial score (nSPS) is 34.8. The van der Waals surface area contributed by atoms with Gasteiger partial charge in [0.05, 0.1) is 18.8 Å². The van der Waals surface area contributed by atoms with E-state index < -0.39 is 0 Å². The summed E-state index contributed by atoms with van der Waals surface area (Å²) in [5, 5.41) is 0. The first-order valence-corrected chi connectivity index (χ1v) is 7.37. The number of carbonyl (C=O) groups excluding carboxylic acids is 1. The smallest absolute Gasteiger partial charge is 0.338 e. The van der Waals surface area contributed by atoms with E-state index >= 15 is 0 Å². The Kier molecular flexibility index (Phi) is 4.26. The van der Waals surface area contributed by atoms with E-state index in [4.69, 9.17) is 14.2 Å². The minimum Gasteiger partial charge on any atom is -0.467 e. The fraction of sp³-hybridized carbons (Fsp3) is 0.812. The molecule has 0 unspecified atom stereocenters. The lowest BCUT2D eigenvalue weighted by atomic mass is 9.99. The van der Waals surface area contributed by atoms with Crippen molar-refractivity contribution in [1.29, 1.82) is 0 Å². The van der Waals surface area contributed by atoms with E-state index in [1.165, 1.54) is 12.7 Å². The van der Waals surface area contributed by atoms with Gasteiger partial charge >= 0.3 is 5.97 Å². The molecule has 0 aliphatic carbocycles. The summed E-state index contributed by atoms with van der Waals surface area (Å²) >= 11 is 0. The summed E-state index contributed by atoms with van der Waals surface area (Å²) in [5.74, 6) is -0.263. The standard InChI is InChI=1S/C16H26O4/c1-11(8-9-12-15(2,3)19-12)7-6-10-16(4)13(20-16)14(17)18-5/h7,12-13H,6,8-10H2,1-5H3/b11-7+/t12-,13+,16+/m1/s1. The van der Waals surface area contributed by atoms with Gasteiger partial charge in [0.25, 0.3) is 0 Å². The SMILES string of the molecule is COC(=O)[C@@H]1O[C@@]1(C)CC/C=C(\C)CC[C@H]1OC1(C)C. The van der Waals surface area contributed by atoms with Crippen LogP contribution in [0.4, 0.5) is 0 Å². The van der Waals surface area contributed by atoms with Gasteiger partial charge in [0, 0.05) is 0 Å². The van der Waals surface area contributed by atoms with Gasteiger partial charge in [-0.2, -0.15) is 0 Å². The van der Waals surface area contributed by atoms with Crippen LogP contribution in [0.2, 0.25) is 0 Å². The van der Waals surface area contributed by atoms with Crippen LogP contribution in [0.15, 0.2) is 11.6 Å². The Labute approximate surface area is 121 Å². The molecule has 0 radical (unpaired) electrons. The Morgan fingerprint density at radius 1 is 1.30 bits per heavy atom. The number of methoxy groups -OCH3 is 1. The second kappa shape index (κ2) is 5.49. The highest BCUT2D eigenvalue weighted by atomic mass is 16.6. The average Bonchev–Trinajstić information content (AvgIpc) is 3.22. The van der Waals surface area contributed by atoms with E-state index in [-0.39, 0.29) is 23.3 Å². The number of hydrogen-bond donors (Lipinski definition) is 0. The second-order valence-corrected chi connectivity index (χ2v) is 6.67. The lowest BCUT2D eigenvalue weighted by Crippen LogP contribution is -2.18. The van der Waals surface area contributed by atoms with Crippen LogP contribution in [0.25, 0.3) is 0 Å². The highest BCUT2D eigenvalue weighted by molar-refractivity contribution is 5.79. The molecule has 0 aromatic carbocycles. The van der Waals surface area contributed by atoms with Crippen molar-refractivity contribution in [2.45, 2.75) is 76.8 Å². The molecule has 0 N–H and O–H groups in total. The van der Waals surface area contributed by atoms with Gasteiger partial charge in [0.15, 0.2) is 6.10 Å². The third-order valence-corrected chi connectivity index (χ3v) is 4.40. The number of carbonyl (C=O) groups is 1. The van der Waals surface area contributed by atoms with Crippen molar-refractivity contribution in [3.8, 4) is 0 Å². The monoisotopic (exact) mass is 282 g/mol. The minimum atomic E-state index is -0.373. The van der Waals surface area contributed by atoms with Gasteiger partial charge in [-0.3, -0.25) is 0 Å². The molecule has 2 aliphatic heterocycles. The number of allylic oxidation sites excluding steroid dienone is 2. The zero-order valence-electron chi connectivity index (χ0n) is 13.2. The number of hydrogen-bond acceptors (Lipinski definition) is 4. The molecule has 2 saturated heterocycles. The third kappa shape index (κ3) is 3.61. The quantitative estimate of drug-likeness (QED) is 0.409. The van der Waals surface area contributed by atoms with Crippen molar-refractivity contribution < 1.29 is 19.0 Å². The van der Waals surface area contributed by atoms with Crippen molar-refractivity contribution in [2.75, 3.05) is 7.11 Å². The van der Waals surface area contributed by atoms with Gasteiger partial charge in [-0.1, -0.05) is 11.6 Å². The number of ether oxygens (including phenoxy) is 3. The average molecular weight is 282 g/mol. The summed E-state index contributed by atoms with van der Waals surface area (Å²) in [5.41, 5.74) is 1.14. The molecule has 0 amide bonds. The number of epoxide rings is 2. The molecular formula is C16H26O4. The Bertz CT molecular complexity index is 413. The molecule has 3 atom stereocenters. The largest absolute Gasteiger partial charge is 0.467 e. The van der Waals surface area contributed by atoms with Gasteiger partial charge in [-0.05, 0) is 53.4 Å². The van der Waals surface area contributed by atoms with E-state index in [0.717, 1.165) is 25.7 Å². The molecule has 2 fully saturated rings. The van der Waals surface area contributed by atoms with E-state index in [1.54, 1.807) is 0 Å². The molecule has 20 heavy (non-hydrogen) atoms. The summed E-state index contributed by atoms with van der Waals surface area (Å²) in [6.07, 6.45) is 6.25. The van der Waals surface area contributed by atoms with Crippen molar-refractivity contribution in [1.82, 2.24) is 0 Å². The number of rotatable bonds is 7. The highest BCUT2D eigenvalue weighted by Gasteiger charge is 2.57. The van der Waals surface area contributed by atoms with Gasteiger partial charge in [-0.25, -0.2) is 4.79 Å². The molecule has 4 nitrogen and oxygen atoms in total. The Hall–Kier alpha value is -0.870. The third-order valence-electron chi connectivity index (χ3n) is 4.40. The fourth-order valence-electron chi connectivity index (χ4n) is 2.63. The Morgan fingerprint density at radius 3 is 2.50 bits per heavy atom.